The van der Waals surface area contributed by atoms with Crippen LogP contribution in [0, 0.1) is 17.5 Å². The van der Waals surface area contributed by atoms with E-state index in [1.807, 2.05) is 12.2 Å². The van der Waals surface area contributed by atoms with Crippen LogP contribution in [-0.4, -0.2) is 5.97 Å². The van der Waals surface area contributed by atoms with Gasteiger partial charge < -0.3 is 4.74 Å². The van der Waals surface area contributed by atoms with Gasteiger partial charge in [0.05, 0.1) is 0 Å². The van der Waals surface area contributed by atoms with E-state index in [-0.39, 0.29) is 11.7 Å². The molecule has 0 saturated heterocycles. The molecule has 0 aromatic heterocycles. The molecule has 0 N–H and O–H groups in total. The maximum atomic E-state index is 14.5. The monoisotopic (exact) mass is 386 g/mol. The fourth-order valence-corrected chi connectivity index (χ4v) is 3.14. The van der Waals surface area contributed by atoms with E-state index in [0.717, 1.165) is 31.4 Å². The summed E-state index contributed by atoms with van der Waals surface area (Å²) in [4.78, 5) is 12.2. The van der Waals surface area contributed by atoms with Gasteiger partial charge in [-0.15, -0.1) is 0 Å². The first-order valence-corrected chi connectivity index (χ1v) is 9.32. The summed E-state index contributed by atoms with van der Waals surface area (Å²) in [5, 5.41) is 0. The van der Waals surface area contributed by atoms with Crippen molar-refractivity contribution >= 4 is 5.97 Å². The van der Waals surface area contributed by atoms with Crippen LogP contribution in [0.5, 0.6) is 5.75 Å². The molecule has 3 rings (SSSR count). The standard InChI is InChI=1S/C23H21F3O2/c1-2-3-4-15-5-7-16(8-6-15)17-13-20(25)22(21(26)14-17)23(27)28-19-11-9-18(24)10-12-19/h5-7,9-14,16H,2-4,8H2,1H3. The summed E-state index contributed by atoms with van der Waals surface area (Å²) in [6.07, 6.45) is 9.90. The minimum atomic E-state index is -1.16. The smallest absolute Gasteiger partial charge is 0.349 e. The number of benzene rings is 2. The lowest BCUT2D eigenvalue weighted by Gasteiger charge is -2.18. The van der Waals surface area contributed by atoms with Crippen LogP contribution >= 0.6 is 0 Å². The highest BCUT2D eigenvalue weighted by molar-refractivity contribution is 5.91. The second-order valence-electron chi connectivity index (χ2n) is 6.79. The van der Waals surface area contributed by atoms with Gasteiger partial charge in [0.25, 0.3) is 0 Å². The highest BCUT2D eigenvalue weighted by atomic mass is 19.1. The van der Waals surface area contributed by atoms with Crippen LogP contribution in [0.3, 0.4) is 0 Å². The third-order valence-corrected chi connectivity index (χ3v) is 4.72. The van der Waals surface area contributed by atoms with Gasteiger partial charge >= 0.3 is 5.97 Å². The number of carbonyl (C=O) groups excluding carboxylic acids is 1. The second-order valence-corrected chi connectivity index (χ2v) is 6.79. The summed E-state index contributed by atoms with van der Waals surface area (Å²) in [6, 6.07) is 6.96. The van der Waals surface area contributed by atoms with Crippen molar-refractivity contribution < 1.29 is 22.7 Å². The molecule has 1 aliphatic rings. The highest BCUT2D eigenvalue weighted by Crippen LogP contribution is 2.30. The van der Waals surface area contributed by atoms with Gasteiger partial charge in [0.1, 0.15) is 28.8 Å². The molecule has 28 heavy (non-hydrogen) atoms. The SMILES string of the molecule is CCCCC1=CCC(c2cc(F)c(C(=O)Oc3ccc(F)cc3)c(F)c2)C=C1. The molecule has 0 radical (unpaired) electrons. The molecular formula is C23H21F3O2. The zero-order chi connectivity index (χ0) is 20.1. The van der Waals surface area contributed by atoms with Crippen molar-refractivity contribution in [1.29, 1.82) is 0 Å². The van der Waals surface area contributed by atoms with Gasteiger partial charge in [0, 0.05) is 5.92 Å². The van der Waals surface area contributed by atoms with E-state index in [0.29, 0.717) is 12.0 Å². The molecule has 0 spiro atoms. The molecule has 0 amide bonds. The summed E-state index contributed by atoms with van der Waals surface area (Å²) in [7, 11) is 0. The van der Waals surface area contributed by atoms with Crippen molar-refractivity contribution in [2.45, 2.75) is 38.5 Å². The Morgan fingerprint density at radius 2 is 1.79 bits per heavy atom. The summed E-state index contributed by atoms with van der Waals surface area (Å²) in [5.41, 5.74) is 0.945. The number of carbonyl (C=O) groups is 1. The quantitative estimate of drug-likeness (QED) is 0.419. The fourth-order valence-electron chi connectivity index (χ4n) is 3.14. The van der Waals surface area contributed by atoms with Gasteiger partial charge in [-0.3, -0.25) is 0 Å². The second kappa shape index (κ2) is 8.91. The Bertz CT molecular complexity index is 891. The van der Waals surface area contributed by atoms with Crippen LogP contribution in [0.2, 0.25) is 0 Å². The van der Waals surface area contributed by atoms with Gasteiger partial charge in [0.2, 0.25) is 0 Å². The van der Waals surface area contributed by atoms with E-state index >= 15 is 0 Å². The first-order chi connectivity index (χ1) is 13.5. The first-order valence-electron chi connectivity index (χ1n) is 9.32. The Labute approximate surface area is 162 Å². The van der Waals surface area contributed by atoms with E-state index in [1.54, 1.807) is 0 Å². The van der Waals surface area contributed by atoms with E-state index in [2.05, 4.69) is 13.0 Å². The zero-order valence-electron chi connectivity index (χ0n) is 15.6. The van der Waals surface area contributed by atoms with Gasteiger partial charge in [-0.25, -0.2) is 18.0 Å². The fraction of sp³-hybridized carbons (Fsp3) is 0.261. The molecule has 146 valence electrons. The van der Waals surface area contributed by atoms with Gasteiger partial charge in [-0.1, -0.05) is 37.1 Å². The predicted molar refractivity (Wildman–Crippen MR) is 102 cm³/mol. The number of esters is 1. The molecular weight excluding hydrogens is 365 g/mol. The number of unbranched alkanes of at least 4 members (excludes halogenated alkanes) is 1. The zero-order valence-corrected chi connectivity index (χ0v) is 15.6. The number of hydrogen-bond donors (Lipinski definition) is 0. The number of ether oxygens (including phenoxy) is 1. The van der Waals surface area contributed by atoms with E-state index in [1.165, 1.54) is 29.8 Å². The van der Waals surface area contributed by atoms with E-state index in [4.69, 9.17) is 4.74 Å². The largest absolute Gasteiger partial charge is 0.423 e. The molecule has 0 heterocycles. The first kappa shape index (κ1) is 19.9. The molecule has 2 aromatic rings. The normalized spacial score (nSPS) is 16.0. The lowest BCUT2D eigenvalue weighted by Crippen LogP contribution is -2.14. The van der Waals surface area contributed by atoms with Crippen molar-refractivity contribution in [2.24, 2.45) is 0 Å². The molecule has 0 fully saturated rings. The minimum Gasteiger partial charge on any atom is -0.423 e. The van der Waals surface area contributed by atoms with Gasteiger partial charge in [-0.05, 0) is 61.2 Å². The van der Waals surface area contributed by atoms with Crippen LogP contribution in [0.15, 0.2) is 60.2 Å². The number of hydrogen-bond acceptors (Lipinski definition) is 2. The Kier molecular flexibility index (Phi) is 6.34. The average molecular weight is 386 g/mol. The highest BCUT2D eigenvalue weighted by Gasteiger charge is 2.23. The molecule has 2 nitrogen and oxygen atoms in total. The summed E-state index contributed by atoms with van der Waals surface area (Å²) in [6.45, 7) is 2.13. The third-order valence-electron chi connectivity index (χ3n) is 4.72. The van der Waals surface area contributed by atoms with Crippen LogP contribution in [-0.2, 0) is 0 Å². The summed E-state index contributed by atoms with van der Waals surface area (Å²) < 4.78 is 46.8. The van der Waals surface area contributed by atoms with Crippen molar-refractivity contribution in [1.82, 2.24) is 0 Å². The van der Waals surface area contributed by atoms with Crippen LogP contribution in [0.4, 0.5) is 13.2 Å². The summed E-state index contributed by atoms with van der Waals surface area (Å²) in [5.74, 6) is -3.75. The van der Waals surface area contributed by atoms with E-state index < -0.39 is 29.0 Å². The Morgan fingerprint density at radius 1 is 1.11 bits per heavy atom. The van der Waals surface area contributed by atoms with Crippen molar-refractivity contribution in [3.8, 4) is 5.75 Å². The molecule has 0 aliphatic heterocycles. The van der Waals surface area contributed by atoms with Crippen LogP contribution < -0.4 is 4.74 Å². The number of allylic oxidation sites excluding steroid dienone is 4. The van der Waals surface area contributed by atoms with Gasteiger partial charge in [-0.2, -0.15) is 0 Å². The van der Waals surface area contributed by atoms with Crippen molar-refractivity contribution in [3.05, 3.63) is 88.8 Å². The van der Waals surface area contributed by atoms with Crippen LogP contribution in [0.1, 0.15) is 54.4 Å². The molecule has 0 bridgehead atoms. The Morgan fingerprint density at radius 3 is 2.36 bits per heavy atom. The van der Waals surface area contributed by atoms with Crippen LogP contribution in [0.25, 0.3) is 0 Å². The molecule has 2 aromatic carbocycles. The van der Waals surface area contributed by atoms with Crippen molar-refractivity contribution in [2.75, 3.05) is 0 Å². The molecule has 1 atom stereocenters. The Hall–Kier alpha value is -2.82. The maximum absolute atomic E-state index is 14.5. The lowest BCUT2D eigenvalue weighted by atomic mass is 9.88. The third kappa shape index (κ3) is 4.71. The maximum Gasteiger partial charge on any atom is 0.349 e. The molecule has 1 aliphatic carbocycles. The molecule has 1 unspecified atom stereocenters. The molecule has 0 saturated carbocycles. The predicted octanol–water partition coefficient (Wildman–Crippen LogP) is 6.48. The summed E-state index contributed by atoms with van der Waals surface area (Å²) >= 11 is 0. The van der Waals surface area contributed by atoms with Crippen molar-refractivity contribution in [3.63, 3.8) is 0 Å². The average Bonchev–Trinajstić information content (AvgIpc) is 2.68. The molecule has 5 heteroatoms. The Balaban J connectivity index is 1.74. The topological polar surface area (TPSA) is 26.3 Å². The van der Waals surface area contributed by atoms with E-state index in [9.17, 15) is 18.0 Å². The minimum absolute atomic E-state index is 0.00855. The number of rotatable bonds is 6. The van der Waals surface area contributed by atoms with Gasteiger partial charge in [0.15, 0.2) is 0 Å². The number of halogens is 3. The lowest BCUT2D eigenvalue weighted by molar-refractivity contribution is 0.0724.